The fourth-order valence-corrected chi connectivity index (χ4v) is 3.85. The van der Waals surface area contributed by atoms with Crippen LogP contribution in [0.2, 0.25) is 0 Å². The van der Waals surface area contributed by atoms with Crippen molar-refractivity contribution in [3.05, 3.63) is 59.7 Å². The van der Waals surface area contributed by atoms with Crippen molar-refractivity contribution in [1.82, 2.24) is 5.32 Å². The van der Waals surface area contributed by atoms with E-state index in [0.29, 0.717) is 30.2 Å². The summed E-state index contributed by atoms with van der Waals surface area (Å²) in [6.07, 6.45) is 4.65. The molecule has 138 valence electrons. The Kier molecular flexibility index (Phi) is 5.82. The monoisotopic (exact) mass is 353 g/mol. The number of amides is 1. The predicted octanol–water partition coefficient (Wildman–Crippen LogP) is 4.34. The SMILES string of the molecule is CCOc1ccc(C(=O)NCC2(c3ccccc3)CCCC2)cc1OC. The van der Waals surface area contributed by atoms with Crippen molar-refractivity contribution in [2.75, 3.05) is 20.3 Å². The zero-order chi connectivity index (χ0) is 18.4. The van der Waals surface area contributed by atoms with Gasteiger partial charge in [-0.25, -0.2) is 0 Å². The number of methoxy groups -OCH3 is 1. The van der Waals surface area contributed by atoms with Crippen molar-refractivity contribution in [1.29, 1.82) is 0 Å². The molecule has 2 aromatic carbocycles. The number of carbonyl (C=O) groups is 1. The topological polar surface area (TPSA) is 47.6 Å². The Bertz CT molecular complexity index is 736. The Morgan fingerprint density at radius 2 is 1.81 bits per heavy atom. The first kappa shape index (κ1) is 18.3. The summed E-state index contributed by atoms with van der Waals surface area (Å²) in [6, 6.07) is 15.9. The van der Waals surface area contributed by atoms with Crippen LogP contribution in [0.4, 0.5) is 0 Å². The molecule has 0 bridgehead atoms. The van der Waals surface area contributed by atoms with Crippen molar-refractivity contribution < 1.29 is 14.3 Å². The van der Waals surface area contributed by atoms with Crippen LogP contribution in [0.1, 0.15) is 48.5 Å². The second kappa shape index (κ2) is 8.26. The molecule has 0 aliphatic heterocycles. The highest BCUT2D eigenvalue weighted by molar-refractivity contribution is 5.95. The lowest BCUT2D eigenvalue weighted by Crippen LogP contribution is -2.39. The number of hydrogen-bond donors (Lipinski definition) is 1. The van der Waals surface area contributed by atoms with Crippen LogP contribution < -0.4 is 14.8 Å². The summed E-state index contributed by atoms with van der Waals surface area (Å²) in [5.74, 6) is 1.16. The fourth-order valence-electron chi connectivity index (χ4n) is 3.85. The van der Waals surface area contributed by atoms with E-state index in [1.807, 2.05) is 13.0 Å². The van der Waals surface area contributed by atoms with Crippen LogP contribution in [0.5, 0.6) is 11.5 Å². The molecule has 0 aromatic heterocycles. The highest BCUT2D eigenvalue weighted by Gasteiger charge is 2.35. The van der Waals surface area contributed by atoms with E-state index in [0.717, 1.165) is 12.8 Å². The quantitative estimate of drug-likeness (QED) is 0.806. The van der Waals surface area contributed by atoms with Gasteiger partial charge in [-0.15, -0.1) is 0 Å². The highest BCUT2D eigenvalue weighted by atomic mass is 16.5. The zero-order valence-electron chi connectivity index (χ0n) is 15.6. The van der Waals surface area contributed by atoms with Crippen LogP contribution in [0, 0.1) is 0 Å². The number of rotatable bonds is 7. The van der Waals surface area contributed by atoms with E-state index in [-0.39, 0.29) is 11.3 Å². The zero-order valence-corrected chi connectivity index (χ0v) is 15.6. The summed E-state index contributed by atoms with van der Waals surface area (Å²) in [7, 11) is 1.59. The van der Waals surface area contributed by atoms with Crippen molar-refractivity contribution in [3.63, 3.8) is 0 Å². The summed E-state index contributed by atoms with van der Waals surface area (Å²) in [5.41, 5.74) is 1.96. The number of ether oxygens (including phenoxy) is 2. The second-order valence-electron chi connectivity index (χ2n) is 6.83. The maximum Gasteiger partial charge on any atom is 0.251 e. The van der Waals surface area contributed by atoms with Crippen molar-refractivity contribution in [2.24, 2.45) is 0 Å². The van der Waals surface area contributed by atoms with Crippen LogP contribution in [-0.2, 0) is 5.41 Å². The highest BCUT2D eigenvalue weighted by Crippen LogP contribution is 2.40. The molecular weight excluding hydrogens is 326 g/mol. The number of hydrogen-bond acceptors (Lipinski definition) is 3. The molecule has 3 rings (SSSR count). The third-order valence-corrected chi connectivity index (χ3v) is 5.26. The molecule has 1 fully saturated rings. The van der Waals surface area contributed by atoms with Gasteiger partial charge in [-0.1, -0.05) is 43.2 Å². The van der Waals surface area contributed by atoms with Crippen LogP contribution in [-0.4, -0.2) is 26.2 Å². The average Bonchev–Trinajstić information content (AvgIpc) is 3.17. The van der Waals surface area contributed by atoms with Gasteiger partial charge in [0, 0.05) is 17.5 Å². The van der Waals surface area contributed by atoms with E-state index in [1.165, 1.54) is 18.4 Å². The molecule has 1 saturated carbocycles. The van der Waals surface area contributed by atoms with E-state index in [9.17, 15) is 4.79 Å². The van der Waals surface area contributed by atoms with Gasteiger partial charge < -0.3 is 14.8 Å². The lowest BCUT2D eigenvalue weighted by Gasteiger charge is -2.30. The first-order valence-corrected chi connectivity index (χ1v) is 9.33. The maximum atomic E-state index is 12.7. The van der Waals surface area contributed by atoms with Crippen molar-refractivity contribution >= 4 is 5.91 Å². The Labute approximate surface area is 155 Å². The molecule has 4 nitrogen and oxygen atoms in total. The smallest absolute Gasteiger partial charge is 0.251 e. The molecule has 0 heterocycles. The molecule has 1 N–H and O–H groups in total. The molecule has 2 aromatic rings. The molecule has 0 atom stereocenters. The summed E-state index contributed by atoms with van der Waals surface area (Å²) >= 11 is 0. The number of carbonyl (C=O) groups excluding carboxylic acids is 1. The molecule has 0 spiro atoms. The average molecular weight is 353 g/mol. The third-order valence-electron chi connectivity index (χ3n) is 5.26. The van der Waals surface area contributed by atoms with Crippen LogP contribution in [0.3, 0.4) is 0 Å². The van der Waals surface area contributed by atoms with E-state index >= 15 is 0 Å². The van der Waals surface area contributed by atoms with Crippen molar-refractivity contribution in [3.8, 4) is 11.5 Å². The normalized spacial score (nSPS) is 15.5. The lowest BCUT2D eigenvalue weighted by atomic mass is 9.79. The predicted molar refractivity (Wildman–Crippen MR) is 103 cm³/mol. The maximum absolute atomic E-state index is 12.7. The molecule has 0 saturated heterocycles. The van der Waals surface area contributed by atoms with Gasteiger partial charge in [0.05, 0.1) is 13.7 Å². The van der Waals surface area contributed by atoms with Crippen LogP contribution in [0.25, 0.3) is 0 Å². The van der Waals surface area contributed by atoms with E-state index < -0.39 is 0 Å². The van der Waals surface area contributed by atoms with Crippen LogP contribution >= 0.6 is 0 Å². The van der Waals surface area contributed by atoms with E-state index in [1.54, 1.807) is 25.3 Å². The first-order chi connectivity index (χ1) is 12.7. The molecular formula is C22H27NO3. The Balaban J connectivity index is 1.73. The lowest BCUT2D eigenvalue weighted by molar-refractivity contribution is 0.0942. The Morgan fingerprint density at radius 1 is 1.08 bits per heavy atom. The number of nitrogens with one attached hydrogen (secondary N) is 1. The minimum atomic E-state index is -0.0754. The standard InChI is InChI=1S/C22H27NO3/c1-3-26-19-12-11-17(15-20(19)25-2)21(24)23-16-22(13-7-8-14-22)18-9-5-4-6-10-18/h4-6,9-12,15H,3,7-8,13-14,16H2,1-2H3,(H,23,24). The summed E-state index contributed by atoms with van der Waals surface area (Å²) in [6.45, 7) is 3.14. The number of benzene rings is 2. The van der Waals surface area contributed by atoms with Gasteiger partial charge in [0.25, 0.3) is 5.91 Å². The van der Waals surface area contributed by atoms with Crippen LogP contribution in [0.15, 0.2) is 48.5 Å². The van der Waals surface area contributed by atoms with Gasteiger partial charge in [-0.2, -0.15) is 0 Å². The van der Waals surface area contributed by atoms with E-state index in [4.69, 9.17) is 9.47 Å². The Hall–Kier alpha value is -2.49. The molecule has 1 amide bonds. The Morgan fingerprint density at radius 3 is 2.46 bits per heavy atom. The minimum Gasteiger partial charge on any atom is -0.493 e. The third kappa shape index (κ3) is 3.85. The largest absolute Gasteiger partial charge is 0.493 e. The van der Waals surface area contributed by atoms with Gasteiger partial charge in [-0.05, 0) is 43.5 Å². The van der Waals surface area contributed by atoms with Gasteiger partial charge >= 0.3 is 0 Å². The first-order valence-electron chi connectivity index (χ1n) is 9.33. The molecule has 0 radical (unpaired) electrons. The molecule has 0 unspecified atom stereocenters. The molecule has 1 aliphatic carbocycles. The summed E-state index contributed by atoms with van der Waals surface area (Å²) in [5, 5.41) is 3.15. The fraction of sp³-hybridized carbons (Fsp3) is 0.409. The van der Waals surface area contributed by atoms with Crippen molar-refractivity contribution in [2.45, 2.75) is 38.0 Å². The van der Waals surface area contributed by atoms with E-state index in [2.05, 4.69) is 29.6 Å². The minimum absolute atomic E-state index is 0.0479. The van der Waals surface area contributed by atoms with Gasteiger partial charge in [-0.3, -0.25) is 4.79 Å². The van der Waals surface area contributed by atoms with Gasteiger partial charge in [0.15, 0.2) is 11.5 Å². The summed E-state index contributed by atoms with van der Waals surface area (Å²) < 4.78 is 10.9. The van der Waals surface area contributed by atoms with Gasteiger partial charge in [0.2, 0.25) is 0 Å². The summed E-state index contributed by atoms with van der Waals surface area (Å²) in [4.78, 5) is 12.7. The molecule has 26 heavy (non-hydrogen) atoms. The molecule has 4 heteroatoms. The second-order valence-corrected chi connectivity index (χ2v) is 6.83. The molecule has 1 aliphatic rings. The van der Waals surface area contributed by atoms with Gasteiger partial charge in [0.1, 0.15) is 0 Å².